The number of carbonyl (C=O) groups is 2. The highest BCUT2D eigenvalue weighted by Crippen LogP contribution is 2.35. The van der Waals surface area contributed by atoms with Crippen LogP contribution in [0.15, 0.2) is 17.5 Å². The van der Waals surface area contributed by atoms with Crippen LogP contribution in [0.5, 0.6) is 0 Å². The molecule has 5 nitrogen and oxygen atoms in total. The summed E-state index contributed by atoms with van der Waals surface area (Å²) in [6.45, 7) is 7.33. The Morgan fingerprint density at radius 2 is 2.17 bits per heavy atom. The predicted octanol–water partition coefficient (Wildman–Crippen LogP) is 2.29. The van der Waals surface area contributed by atoms with Crippen LogP contribution in [0.2, 0.25) is 0 Å². The number of likely N-dealkylation sites (tertiary alicyclic amines) is 1. The predicted molar refractivity (Wildman–Crippen MR) is 93.1 cm³/mol. The van der Waals surface area contributed by atoms with Gasteiger partial charge in [0.1, 0.15) is 0 Å². The number of nitrogens with zero attached hydrogens (tertiary/aromatic N) is 1. The van der Waals surface area contributed by atoms with Crippen molar-refractivity contribution < 1.29 is 9.59 Å². The minimum Gasteiger partial charge on any atom is -0.368 e. The van der Waals surface area contributed by atoms with Gasteiger partial charge in [-0.05, 0) is 36.2 Å². The van der Waals surface area contributed by atoms with Crippen molar-refractivity contribution in [3.63, 3.8) is 0 Å². The van der Waals surface area contributed by atoms with E-state index in [0.29, 0.717) is 0 Å². The average Bonchev–Trinajstić information content (AvgIpc) is 2.97. The third kappa shape index (κ3) is 4.78. The van der Waals surface area contributed by atoms with Crippen LogP contribution < -0.4 is 11.1 Å². The number of rotatable bonds is 5. The molecule has 0 radical (unpaired) electrons. The average molecular weight is 337 g/mol. The fourth-order valence-corrected chi connectivity index (χ4v) is 4.08. The molecule has 0 aromatic carbocycles. The molecule has 2 unspecified atom stereocenters. The zero-order valence-corrected chi connectivity index (χ0v) is 15.0. The standard InChI is InChI=1S/C17H27N3O2S/c1-17(2,3)15(13-8-6-10-23-13)19-14(21)11-20-9-5-4-7-12(20)16(18)22/h6,8,10,12,15H,4-5,7,9,11H2,1-3H3,(H2,18,22)(H,19,21). The number of amides is 2. The molecule has 0 bridgehead atoms. The molecule has 0 spiro atoms. The molecule has 0 aliphatic carbocycles. The number of primary amides is 1. The summed E-state index contributed by atoms with van der Waals surface area (Å²) in [4.78, 5) is 27.2. The van der Waals surface area contributed by atoms with Crippen LogP contribution in [-0.2, 0) is 9.59 Å². The Kier molecular flexibility index (Phi) is 5.81. The zero-order valence-electron chi connectivity index (χ0n) is 14.2. The van der Waals surface area contributed by atoms with Gasteiger partial charge in [0.2, 0.25) is 11.8 Å². The van der Waals surface area contributed by atoms with E-state index in [9.17, 15) is 9.59 Å². The van der Waals surface area contributed by atoms with Crippen molar-refractivity contribution >= 4 is 23.2 Å². The molecule has 2 atom stereocenters. The highest BCUT2D eigenvalue weighted by atomic mass is 32.1. The molecule has 6 heteroatoms. The van der Waals surface area contributed by atoms with Crippen LogP contribution in [0.4, 0.5) is 0 Å². The lowest BCUT2D eigenvalue weighted by molar-refractivity contribution is -0.128. The van der Waals surface area contributed by atoms with E-state index in [2.05, 4.69) is 26.1 Å². The minimum atomic E-state index is -0.330. The van der Waals surface area contributed by atoms with Gasteiger partial charge < -0.3 is 11.1 Å². The molecule has 2 rings (SSSR count). The SMILES string of the molecule is CC(C)(C)C(NC(=O)CN1CCCCC1C(N)=O)c1cccs1. The van der Waals surface area contributed by atoms with Crippen molar-refractivity contribution in [2.24, 2.45) is 11.1 Å². The first-order valence-corrected chi connectivity index (χ1v) is 9.03. The van der Waals surface area contributed by atoms with Gasteiger partial charge in [-0.25, -0.2) is 0 Å². The van der Waals surface area contributed by atoms with Crippen LogP contribution in [0.3, 0.4) is 0 Å². The fraction of sp³-hybridized carbons (Fsp3) is 0.647. The second kappa shape index (κ2) is 7.45. The Morgan fingerprint density at radius 3 is 2.74 bits per heavy atom. The maximum absolute atomic E-state index is 12.5. The van der Waals surface area contributed by atoms with Crippen molar-refractivity contribution in [1.29, 1.82) is 0 Å². The Morgan fingerprint density at radius 1 is 1.43 bits per heavy atom. The van der Waals surface area contributed by atoms with Gasteiger partial charge in [-0.2, -0.15) is 0 Å². The summed E-state index contributed by atoms with van der Waals surface area (Å²) in [5.41, 5.74) is 5.39. The lowest BCUT2D eigenvalue weighted by Crippen LogP contribution is -2.52. The van der Waals surface area contributed by atoms with Crippen molar-refractivity contribution in [2.75, 3.05) is 13.1 Å². The molecule has 1 aliphatic rings. The van der Waals surface area contributed by atoms with Gasteiger partial charge in [0.25, 0.3) is 0 Å². The number of nitrogens with two attached hydrogens (primary N) is 1. The Balaban J connectivity index is 2.03. The maximum Gasteiger partial charge on any atom is 0.234 e. The van der Waals surface area contributed by atoms with E-state index in [1.165, 1.54) is 0 Å². The molecule has 1 saturated heterocycles. The molecular weight excluding hydrogens is 310 g/mol. The van der Waals surface area contributed by atoms with Gasteiger partial charge >= 0.3 is 0 Å². The number of nitrogens with one attached hydrogen (secondary N) is 1. The third-order valence-corrected chi connectivity index (χ3v) is 5.23. The number of piperidine rings is 1. The van der Waals surface area contributed by atoms with Gasteiger partial charge in [0.15, 0.2) is 0 Å². The fourth-order valence-electron chi connectivity index (χ4n) is 3.06. The highest BCUT2D eigenvalue weighted by Gasteiger charge is 2.32. The smallest absolute Gasteiger partial charge is 0.234 e. The van der Waals surface area contributed by atoms with Crippen molar-refractivity contribution in [1.82, 2.24) is 10.2 Å². The van der Waals surface area contributed by atoms with E-state index in [4.69, 9.17) is 5.73 Å². The monoisotopic (exact) mass is 337 g/mol. The van der Waals surface area contributed by atoms with Crippen LogP contribution in [0, 0.1) is 5.41 Å². The summed E-state index contributed by atoms with van der Waals surface area (Å²) in [6.07, 6.45) is 2.74. The van der Waals surface area contributed by atoms with Gasteiger partial charge in [-0.3, -0.25) is 14.5 Å². The highest BCUT2D eigenvalue weighted by molar-refractivity contribution is 7.10. The molecule has 1 aliphatic heterocycles. The molecule has 23 heavy (non-hydrogen) atoms. The number of hydrogen-bond donors (Lipinski definition) is 2. The zero-order chi connectivity index (χ0) is 17.0. The van der Waals surface area contributed by atoms with E-state index in [1.807, 2.05) is 22.4 Å². The number of carbonyl (C=O) groups excluding carboxylic acids is 2. The number of hydrogen-bond acceptors (Lipinski definition) is 4. The lowest BCUT2D eigenvalue weighted by atomic mass is 9.85. The van der Waals surface area contributed by atoms with Crippen LogP contribution in [0.1, 0.15) is 51.0 Å². The Labute approximate surface area is 142 Å². The maximum atomic E-state index is 12.5. The van der Waals surface area contributed by atoms with Crippen LogP contribution in [0.25, 0.3) is 0 Å². The van der Waals surface area contributed by atoms with E-state index in [-0.39, 0.29) is 35.9 Å². The van der Waals surface area contributed by atoms with Gasteiger partial charge in [0.05, 0.1) is 18.6 Å². The number of thiophene rings is 1. The van der Waals surface area contributed by atoms with E-state index >= 15 is 0 Å². The van der Waals surface area contributed by atoms with Crippen molar-refractivity contribution in [2.45, 2.75) is 52.1 Å². The summed E-state index contributed by atoms with van der Waals surface area (Å²) in [6, 6.07) is 3.70. The summed E-state index contributed by atoms with van der Waals surface area (Å²) in [5.74, 6) is -0.380. The largest absolute Gasteiger partial charge is 0.368 e. The summed E-state index contributed by atoms with van der Waals surface area (Å²) < 4.78 is 0. The molecule has 0 saturated carbocycles. The molecule has 1 aromatic heterocycles. The molecular formula is C17H27N3O2S. The Hall–Kier alpha value is -1.40. The van der Waals surface area contributed by atoms with Crippen molar-refractivity contribution in [3.8, 4) is 0 Å². The Bertz CT molecular complexity index is 537. The summed E-state index contributed by atoms with van der Waals surface area (Å²) in [5, 5.41) is 5.17. The first kappa shape index (κ1) is 17.9. The molecule has 3 N–H and O–H groups in total. The second-order valence-corrected chi connectivity index (χ2v) is 8.25. The summed E-state index contributed by atoms with van der Waals surface area (Å²) in [7, 11) is 0. The first-order valence-electron chi connectivity index (χ1n) is 8.15. The van der Waals surface area contributed by atoms with Gasteiger partial charge in [-0.1, -0.05) is 33.3 Å². The van der Waals surface area contributed by atoms with Crippen LogP contribution >= 0.6 is 11.3 Å². The van der Waals surface area contributed by atoms with E-state index in [0.717, 1.165) is 30.7 Å². The van der Waals surface area contributed by atoms with E-state index < -0.39 is 0 Å². The second-order valence-electron chi connectivity index (χ2n) is 7.27. The van der Waals surface area contributed by atoms with E-state index in [1.54, 1.807) is 11.3 Å². The minimum absolute atomic E-state index is 0.0354. The molecule has 2 amide bonds. The summed E-state index contributed by atoms with van der Waals surface area (Å²) >= 11 is 1.65. The third-order valence-electron chi connectivity index (χ3n) is 4.29. The first-order chi connectivity index (χ1) is 10.8. The molecule has 128 valence electrons. The molecule has 2 heterocycles. The quantitative estimate of drug-likeness (QED) is 0.865. The van der Waals surface area contributed by atoms with Crippen molar-refractivity contribution in [3.05, 3.63) is 22.4 Å². The van der Waals surface area contributed by atoms with Gasteiger partial charge in [0, 0.05) is 4.88 Å². The normalized spacial score (nSPS) is 20.9. The molecule has 1 fully saturated rings. The lowest BCUT2D eigenvalue weighted by Gasteiger charge is -2.35. The van der Waals surface area contributed by atoms with Gasteiger partial charge in [-0.15, -0.1) is 11.3 Å². The van der Waals surface area contributed by atoms with Crippen LogP contribution in [-0.4, -0.2) is 35.8 Å². The topological polar surface area (TPSA) is 75.4 Å². The molecule has 1 aromatic rings.